The summed E-state index contributed by atoms with van der Waals surface area (Å²) in [6.07, 6.45) is 5.70. The van der Waals surface area contributed by atoms with Crippen LogP contribution >= 0.6 is 0 Å². The fourth-order valence-corrected chi connectivity index (χ4v) is 0.986. The van der Waals surface area contributed by atoms with E-state index in [1.807, 2.05) is 6.08 Å². The molecule has 0 radical (unpaired) electrons. The van der Waals surface area contributed by atoms with Crippen molar-refractivity contribution in [1.29, 1.82) is 0 Å². The second-order valence-electron chi connectivity index (χ2n) is 2.25. The lowest BCUT2D eigenvalue weighted by Crippen LogP contribution is -2.05. The molecule has 1 aliphatic carbocycles. The molecule has 0 saturated heterocycles. The van der Waals surface area contributed by atoms with Gasteiger partial charge in [0, 0.05) is 12.0 Å². The molecule has 0 aromatic heterocycles. The number of hydrogen-bond donors (Lipinski definition) is 1. The third-order valence-electron chi connectivity index (χ3n) is 1.51. The first-order valence-corrected chi connectivity index (χ1v) is 3.06. The van der Waals surface area contributed by atoms with E-state index in [0.717, 1.165) is 11.3 Å². The van der Waals surface area contributed by atoms with Crippen molar-refractivity contribution in [2.75, 3.05) is 0 Å². The van der Waals surface area contributed by atoms with Gasteiger partial charge in [0.2, 0.25) is 0 Å². The Morgan fingerprint density at radius 1 is 1.40 bits per heavy atom. The number of hydrogen-bond acceptors (Lipinski definition) is 3. The van der Waals surface area contributed by atoms with Crippen LogP contribution in [-0.2, 0) is 0 Å². The van der Waals surface area contributed by atoms with Crippen LogP contribution in [0.25, 0.3) is 0 Å². The highest BCUT2D eigenvalue weighted by Gasteiger charge is 2.14. The van der Waals surface area contributed by atoms with Gasteiger partial charge < -0.3 is 5.11 Å². The highest BCUT2D eigenvalue weighted by Crippen LogP contribution is 2.16. The van der Waals surface area contributed by atoms with Crippen molar-refractivity contribution >= 4 is 11.9 Å². The van der Waals surface area contributed by atoms with Crippen LogP contribution in [-0.4, -0.2) is 17.0 Å². The average Bonchev–Trinajstić information content (AvgIpc) is 2.33. The molecule has 3 nitrogen and oxygen atoms in total. The van der Waals surface area contributed by atoms with Gasteiger partial charge in [-0.3, -0.25) is 0 Å². The van der Waals surface area contributed by atoms with Crippen molar-refractivity contribution in [3.05, 3.63) is 23.5 Å². The molecule has 0 atom stereocenters. The fourth-order valence-electron chi connectivity index (χ4n) is 0.986. The maximum atomic E-state index is 9.04. The maximum absolute atomic E-state index is 9.04. The molecule has 3 heteroatoms. The minimum Gasteiger partial charge on any atom is -0.512 e. The van der Waals surface area contributed by atoms with Crippen molar-refractivity contribution < 1.29 is 5.11 Å². The van der Waals surface area contributed by atoms with Gasteiger partial charge in [-0.25, -0.2) is 0 Å². The number of allylic oxidation sites excluding steroid dienone is 4. The Hall–Kier alpha value is -1.38. The minimum absolute atomic E-state index is 0.355. The molecule has 1 aliphatic heterocycles. The molecule has 0 fully saturated rings. The summed E-state index contributed by atoms with van der Waals surface area (Å²) in [7, 11) is 0. The zero-order chi connectivity index (χ0) is 6.97. The van der Waals surface area contributed by atoms with Crippen molar-refractivity contribution in [2.45, 2.75) is 6.42 Å². The smallest absolute Gasteiger partial charge is 0.0983 e. The van der Waals surface area contributed by atoms with Gasteiger partial charge >= 0.3 is 0 Å². The molecule has 0 unspecified atom stereocenters. The molecule has 0 bridgehead atoms. The molecule has 2 rings (SSSR count). The van der Waals surface area contributed by atoms with E-state index in [0.29, 0.717) is 12.2 Å². The Morgan fingerprint density at radius 2 is 2.30 bits per heavy atom. The molecule has 0 spiro atoms. The highest BCUT2D eigenvalue weighted by atomic mass is 16.3. The first kappa shape index (κ1) is 5.41. The van der Waals surface area contributed by atoms with E-state index >= 15 is 0 Å². The van der Waals surface area contributed by atoms with Crippen LogP contribution in [0.2, 0.25) is 0 Å². The second-order valence-corrected chi connectivity index (χ2v) is 2.25. The molecule has 0 saturated carbocycles. The lowest BCUT2D eigenvalue weighted by molar-refractivity contribution is 0.404. The van der Waals surface area contributed by atoms with Crippen molar-refractivity contribution in [3.8, 4) is 0 Å². The highest BCUT2D eigenvalue weighted by molar-refractivity contribution is 6.19. The van der Waals surface area contributed by atoms with Gasteiger partial charge in [0.05, 0.1) is 17.7 Å². The summed E-state index contributed by atoms with van der Waals surface area (Å²) < 4.78 is 0. The van der Waals surface area contributed by atoms with Crippen molar-refractivity contribution in [1.82, 2.24) is 0 Å². The van der Waals surface area contributed by atoms with E-state index in [-0.39, 0.29) is 0 Å². The van der Waals surface area contributed by atoms with Crippen LogP contribution in [0.1, 0.15) is 6.42 Å². The molecule has 1 N–H and O–H groups in total. The van der Waals surface area contributed by atoms with Crippen LogP contribution in [0.4, 0.5) is 0 Å². The Bertz CT molecular complexity index is 284. The third-order valence-corrected chi connectivity index (χ3v) is 1.51. The molecule has 0 amide bonds. The SMILES string of the molecule is OC1=CC=C2C=NN=C2C1. The Kier molecular flexibility index (Phi) is 0.974. The van der Waals surface area contributed by atoms with Gasteiger partial charge in [-0.05, 0) is 12.2 Å². The zero-order valence-corrected chi connectivity index (χ0v) is 5.28. The first-order chi connectivity index (χ1) is 4.86. The molecule has 1 heterocycles. The summed E-state index contributed by atoms with van der Waals surface area (Å²) in [6, 6.07) is 0. The summed E-state index contributed by atoms with van der Waals surface area (Å²) in [6.45, 7) is 0. The van der Waals surface area contributed by atoms with Crippen LogP contribution in [0, 0.1) is 0 Å². The van der Waals surface area contributed by atoms with E-state index < -0.39 is 0 Å². The van der Waals surface area contributed by atoms with E-state index in [4.69, 9.17) is 5.11 Å². The van der Waals surface area contributed by atoms with Gasteiger partial charge in [0.25, 0.3) is 0 Å². The Labute approximate surface area is 58.1 Å². The minimum atomic E-state index is 0.355. The lowest BCUT2D eigenvalue weighted by atomic mass is 10.0. The monoisotopic (exact) mass is 134 g/mol. The largest absolute Gasteiger partial charge is 0.512 e. The number of fused-ring (bicyclic) bond motifs is 1. The summed E-state index contributed by atoms with van der Waals surface area (Å²) >= 11 is 0. The molecule has 10 heavy (non-hydrogen) atoms. The van der Waals surface area contributed by atoms with Gasteiger partial charge in [-0.15, -0.1) is 0 Å². The van der Waals surface area contributed by atoms with Gasteiger partial charge in [-0.2, -0.15) is 10.2 Å². The summed E-state index contributed by atoms with van der Waals surface area (Å²) in [5, 5.41) is 16.6. The zero-order valence-electron chi connectivity index (χ0n) is 5.28. The van der Waals surface area contributed by atoms with Crippen molar-refractivity contribution in [2.24, 2.45) is 10.2 Å². The van der Waals surface area contributed by atoms with E-state index in [2.05, 4.69) is 10.2 Å². The Morgan fingerprint density at radius 3 is 3.20 bits per heavy atom. The molecule has 2 aliphatic rings. The third kappa shape index (κ3) is 0.673. The molecular weight excluding hydrogens is 128 g/mol. The first-order valence-electron chi connectivity index (χ1n) is 3.06. The molecule has 0 aromatic rings. The Balaban J connectivity index is 2.42. The predicted molar refractivity (Wildman–Crippen MR) is 39.3 cm³/mol. The average molecular weight is 134 g/mol. The maximum Gasteiger partial charge on any atom is 0.0983 e. The normalized spacial score (nSPS) is 21.4. The van der Waals surface area contributed by atoms with Gasteiger partial charge in [0.15, 0.2) is 0 Å². The molecule has 50 valence electrons. The van der Waals surface area contributed by atoms with Gasteiger partial charge in [-0.1, -0.05) is 0 Å². The van der Waals surface area contributed by atoms with Crippen LogP contribution < -0.4 is 0 Å². The van der Waals surface area contributed by atoms with Crippen LogP contribution in [0.3, 0.4) is 0 Å². The number of aliphatic hydroxyl groups excluding tert-OH is 1. The van der Waals surface area contributed by atoms with Crippen molar-refractivity contribution in [3.63, 3.8) is 0 Å². The van der Waals surface area contributed by atoms with E-state index in [1.165, 1.54) is 0 Å². The number of aliphatic hydroxyl groups is 1. The summed E-state index contributed by atoms with van der Waals surface area (Å²) in [4.78, 5) is 0. The van der Waals surface area contributed by atoms with E-state index in [9.17, 15) is 0 Å². The summed E-state index contributed by atoms with van der Waals surface area (Å²) in [5.74, 6) is 0.355. The topological polar surface area (TPSA) is 45.0 Å². The predicted octanol–water partition coefficient (Wildman–Crippen LogP) is 1.20. The van der Waals surface area contributed by atoms with Crippen LogP contribution in [0.5, 0.6) is 0 Å². The number of nitrogens with zero attached hydrogens (tertiary/aromatic N) is 2. The lowest BCUT2D eigenvalue weighted by Gasteiger charge is -2.04. The number of rotatable bonds is 0. The standard InChI is InChI=1S/C7H6N2O/c10-6-2-1-5-4-8-9-7(5)3-6/h1-2,4,10H,3H2. The fraction of sp³-hybridized carbons (Fsp3) is 0.143. The molecular formula is C7H6N2O. The molecule has 0 aromatic carbocycles. The summed E-state index contributed by atoms with van der Waals surface area (Å²) in [5.41, 5.74) is 1.87. The van der Waals surface area contributed by atoms with E-state index in [1.54, 1.807) is 12.3 Å². The second kappa shape index (κ2) is 1.80. The van der Waals surface area contributed by atoms with Gasteiger partial charge in [0.1, 0.15) is 0 Å². The van der Waals surface area contributed by atoms with Crippen LogP contribution in [0.15, 0.2) is 33.7 Å². The quantitative estimate of drug-likeness (QED) is 0.531.